The van der Waals surface area contributed by atoms with Crippen LogP contribution in [0.2, 0.25) is 5.15 Å². The number of halogens is 1. The maximum atomic E-state index is 5.75. The van der Waals surface area contributed by atoms with Crippen molar-refractivity contribution < 1.29 is 4.42 Å². The number of thioether (sulfide) groups is 1. The Morgan fingerprint density at radius 1 is 1.36 bits per heavy atom. The van der Waals surface area contributed by atoms with Gasteiger partial charge in [-0.25, -0.2) is 9.97 Å². The monoisotopic (exact) mass is 226 g/mol. The lowest BCUT2D eigenvalue weighted by Crippen LogP contribution is -1.82. The fourth-order valence-corrected chi connectivity index (χ4v) is 1.88. The molecular weight excluding hydrogens is 220 g/mol. The van der Waals surface area contributed by atoms with Gasteiger partial charge < -0.3 is 4.42 Å². The van der Waals surface area contributed by atoms with Crippen molar-refractivity contribution in [3.63, 3.8) is 0 Å². The van der Waals surface area contributed by atoms with Gasteiger partial charge in [-0.05, 0) is 17.7 Å². The summed E-state index contributed by atoms with van der Waals surface area (Å²) in [6, 6.07) is 3.75. The molecule has 3 nitrogen and oxygen atoms in total. The Morgan fingerprint density at radius 2 is 2.29 bits per heavy atom. The van der Waals surface area contributed by atoms with E-state index in [0.717, 1.165) is 11.3 Å². The molecule has 0 fully saturated rings. The average Bonchev–Trinajstić information content (AvgIpc) is 2.67. The number of nitrogens with zero attached hydrogens (tertiary/aromatic N) is 2. The van der Waals surface area contributed by atoms with Gasteiger partial charge in [-0.2, -0.15) is 0 Å². The van der Waals surface area contributed by atoms with Crippen LogP contribution in [-0.2, 0) is 5.75 Å². The maximum Gasteiger partial charge on any atom is 0.255 e. The summed E-state index contributed by atoms with van der Waals surface area (Å²) in [6.45, 7) is 0. The number of oxazole rings is 1. The highest BCUT2D eigenvalue weighted by atomic mass is 35.5. The van der Waals surface area contributed by atoms with Crippen LogP contribution in [0, 0.1) is 0 Å². The van der Waals surface area contributed by atoms with E-state index in [1.807, 2.05) is 12.1 Å². The summed E-state index contributed by atoms with van der Waals surface area (Å²) in [4.78, 5) is 7.90. The molecule has 5 heteroatoms. The zero-order chi connectivity index (χ0) is 9.80. The minimum atomic E-state index is 0.510. The Labute approximate surface area is 90.5 Å². The van der Waals surface area contributed by atoms with Crippen LogP contribution < -0.4 is 0 Å². The molecule has 0 spiro atoms. The molecular formula is C9H7ClN2OS. The van der Waals surface area contributed by atoms with E-state index in [0.29, 0.717) is 10.4 Å². The SMILES string of the molecule is Clc1cc(CSc2ncco2)ccn1. The fourth-order valence-electron chi connectivity index (χ4n) is 0.959. The van der Waals surface area contributed by atoms with Gasteiger partial charge >= 0.3 is 0 Å². The minimum absolute atomic E-state index is 0.510. The Hall–Kier alpha value is -1.00. The minimum Gasteiger partial charge on any atom is -0.440 e. The number of rotatable bonds is 3. The molecule has 0 radical (unpaired) electrons. The molecule has 72 valence electrons. The van der Waals surface area contributed by atoms with Crippen LogP contribution in [0.3, 0.4) is 0 Å². The van der Waals surface area contributed by atoms with E-state index in [1.54, 1.807) is 18.7 Å². The van der Waals surface area contributed by atoms with E-state index in [2.05, 4.69) is 9.97 Å². The molecule has 0 aliphatic rings. The second-order valence-electron chi connectivity index (χ2n) is 2.57. The van der Waals surface area contributed by atoms with Crippen molar-refractivity contribution in [2.75, 3.05) is 0 Å². The highest BCUT2D eigenvalue weighted by Gasteiger charge is 2.00. The molecule has 0 amide bonds. The quantitative estimate of drug-likeness (QED) is 0.596. The zero-order valence-corrected chi connectivity index (χ0v) is 8.76. The summed E-state index contributed by atoms with van der Waals surface area (Å²) in [6.07, 6.45) is 4.87. The van der Waals surface area contributed by atoms with Crippen molar-refractivity contribution in [3.8, 4) is 0 Å². The number of pyridine rings is 1. The first-order valence-electron chi connectivity index (χ1n) is 3.97. The second-order valence-corrected chi connectivity index (χ2v) is 3.89. The smallest absolute Gasteiger partial charge is 0.255 e. The van der Waals surface area contributed by atoms with E-state index in [4.69, 9.17) is 16.0 Å². The molecule has 0 aliphatic carbocycles. The molecule has 0 unspecified atom stereocenters. The first-order valence-corrected chi connectivity index (χ1v) is 5.34. The third kappa shape index (κ3) is 2.49. The second kappa shape index (κ2) is 4.48. The van der Waals surface area contributed by atoms with E-state index in [1.165, 1.54) is 11.8 Å². The zero-order valence-electron chi connectivity index (χ0n) is 7.18. The third-order valence-corrected chi connectivity index (χ3v) is 2.70. The van der Waals surface area contributed by atoms with Crippen LogP contribution in [0.25, 0.3) is 0 Å². The Bertz CT molecular complexity index is 405. The number of aromatic nitrogens is 2. The summed E-state index contributed by atoms with van der Waals surface area (Å²) >= 11 is 7.27. The maximum absolute atomic E-state index is 5.75. The van der Waals surface area contributed by atoms with E-state index in [9.17, 15) is 0 Å². The Morgan fingerprint density at radius 3 is 3.00 bits per heavy atom. The van der Waals surface area contributed by atoms with E-state index < -0.39 is 0 Å². The third-order valence-electron chi connectivity index (χ3n) is 1.56. The molecule has 0 saturated heterocycles. The van der Waals surface area contributed by atoms with E-state index in [-0.39, 0.29) is 0 Å². The lowest BCUT2D eigenvalue weighted by atomic mass is 10.3. The molecule has 2 rings (SSSR count). The Balaban J connectivity index is 1.98. The lowest BCUT2D eigenvalue weighted by Gasteiger charge is -1.97. The lowest BCUT2D eigenvalue weighted by molar-refractivity contribution is 0.454. The summed E-state index contributed by atoms with van der Waals surface area (Å²) in [5.74, 6) is 0.781. The van der Waals surface area contributed by atoms with Gasteiger partial charge in [0.05, 0.1) is 6.20 Å². The first-order chi connectivity index (χ1) is 6.84. The molecule has 2 aromatic heterocycles. The summed E-state index contributed by atoms with van der Waals surface area (Å²) < 4.78 is 5.09. The number of hydrogen-bond acceptors (Lipinski definition) is 4. The molecule has 0 saturated carbocycles. The van der Waals surface area contributed by atoms with Gasteiger partial charge in [-0.1, -0.05) is 23.4 Å². The van der Waals surface area contributed by atoms with Crippen molar-refractivity contribution in [3.05, 3.63) is 41.5 Å². The van der Waals surface area contributed by atoms with Crippen molar-refractivity contribution >= 4 is 23.4 Å². The van der Waals surface area contributed by atoms with Crippen LogP contribution in [-0.4, -0.2) is 9.97 Å². The highest BCUT2D eigenvalue weighted by molar-refractivity contribution is 7.98. The Kier molecular flexibility index (Phi) is 3.06. The van der Waals surface area contributed by atoms with E-state index >= 15 is 0 Å². The van der Waals surface area contributed by atoms with Crippen LogP contribution in [0.5, 0.6) is 0 Å². The topological polar surface area (TPSA) is 38.9 Å². The summed E-state index contributed by atoms with van der Waals surface area (Å²) in [7, 11) is 0. The van der Waals surface area contributed by atoms with Crippen molar-refractivity contribution in [2.45, 2.75) is 11.0 Å². The van der Waals surface area contributed by atoms with Crippen molar-refractivity contribution in [1.29, 1.82) is 0 Å². The summed E-state index contributed by atoms with van der Waals surface area (Å²) in [5.41, 5.74) is 1.10. The van der Waals surface area contributed by atoms with Crippen molar-refractivity contribution in [2.24, 2.45) is 0 Å². The molecule has 0 atom stereocenters. The first kappa shape index (κ1) is 9.55. The van der Waals surface area contributed by atoms with Gasteiger partial charge in [0.15, 0.2) is 0 Å². The van der Waals surface area contributed by atoms with Gasteiger partial charge in [-0.3, -0.25) is 0 Å². The van der Waals surface area contributed by atoms with Gasteiger partial charge in [0, 0.05) is 11.9 Å². The van der Waals surface area contributed by atoms with Gasteiger partial charge in [0.1, 0.15) is 11.4 Å². The molecule has 2 aromatic rings. The standard InChI is InChI=1S/C9H7ClN2OS/c10-8-5-7(1-2-11-8)6-14-9-12-3-4-13-9/h1-5H,6H2. The highest BCUT2D eigenvalue weighted by Crippen LogP contribution is 2.21. The molecule has 2 heterocycles. The fraction of sp³-hybridized carbons (Fsp3) is 0.111. The van der Waals surface area contributed by atoms with Gasteiger partial charge in [0.25, 0.3) is 5.22 Å². The van der Waals surface area contributed by atoms with Crippen LogP contribution >= 0.6 is 23.4 Å². The van der Waals surface area contributed by atoms with Crippen LogP contribution in [0.1, 0.15) is 5.56 Å². The van der Waals surface area contributed by atoms with Crippen molar-refractivity contribution in [1.82, 2.24) is 9.97 Å². The number of hydrogen-bond donors (Lipinski definition) is 0. The molecule has 14 heavy (non-hydrogen) atoms. The summed E-state index contributed by atoms with van der Waals surface area (Å²) in [5, 5.41) is 1.17. The van der Waals surface area contributed by atoms with Gasteiger partial charge in [-0.15, -0.1) is 0 Å². The average molecular weight is 227 g/mol. The van der Waals surface area contributed by atoms with Gasteiger partial charge in [0.2, 0.25) is 0 Å². The molecule has 0 bridgehead atoms. The van der Waals surface area contributed by atoms with Crippen LogP contribution in [0.15, 0.2) is 40.4 Å². The van der Waals surface area contributed by atoms with Crippen LogP contribution in [0.4, 0.5) is 0 Å². The normalized spacial score (nSPS) is 10.4. The molecule has 0 aromatic carbocycles. The predicted molar refractivity (Wildman–Crippen MR) is 55.3 cm³/mol. The molecule has 0 aliphatic heterocycles. The molecule has 0 N–H and O–H groups in total. The predicted octanol–water partition coefficient (Wildman–Crippen LogP) is 3.02. The largest absolute Gasteiger partial charge is 0.440 e.